The van der Waals surface area contributed by atoms with E-state index < -0.39 is 5.97 Å². The molecule has 29 heavy (non-hydrogen) atoms. The molecule has 2 N–H and O–H groups in total. The second-order valence-electron chi connectivity index (χ2n) is 7.23. The molecule has 1 saturated heterocycles. The van der Waals surface area contributed by atoms with Crippen molar-refractivity contribution in [2.75, 3.05) is 13.1 Å². The minimum atomic E-state index is -1.06. The second kappa shape index (κ2) is 7.63. The summed E-state index contributed by atoms with van der Waals surface area (Å²) in [6.45, 7) is 5.53. The summed E-state index contributed by atoms with van der Waals surface area (Å²) in [6, 6.07) is 7.02. The first-order valence-electron chi connectivity index (χ1n) is 9.56. The van der Waals surface area contributed by atoms with Gasteiger partial charge in [0.2, 0.25) is 0 Å². The number of H-pyrrole nitrogens is 1. The molecule has 0 spiro atoms. The van der Waals surface area contributed by atoms with E-state index in [1.165, 1.54) is 12.3 Å². The van der Waals surface area contributed by atoms with E-state index in [9.17, 15) is 9.59 Å². The number of carboxylic acids is 1. The molecular formula is C21H22N4O4. The molecule has 150 valence electrons. The number of nitrogens with zero attached hydrogens (tertiary/aromatic N) is 3. The van der Waals surface area contributed by atoms with Crippen molar-refractivity contribution in [3.63, 3.8) is 0 Å². The van der Waals surface area contributed by atoms with Gasteiger partial charge in [0, 0.05) is 30.9 Å². The average Bonchev–Trinajstić information content (AvgIpc) is 2.69. The van der Waals surface area contributed by atoms with Crippen molar-refractivity contribution in [2.24, 2.45) is 0 Å². The molecule has 1 fully saturated rings. The molecule has 3 aromatic heterocycles. The molecule has 3 aromatic rings. The van der Waals surface area contributed by atoms with Gasteiger partial charge in [-0.25, -0.2) is 9.78 Å². The largest absolute Gasteiger partial charge is 0.486 e. The SMILES string of the molecule is CCc1cc2ncc([C@H](C)N3CC(Oc4ccc(C(=O)O)nc4)C3)cc2[nH]c1=O. The normalized spacial score (nSPS) is 15.8. The summed E-state index contributed by atoms with van der Waals surface area (Å²) in [6.07, 6.45) is 3.99. The number of aryl methyl sites for hydroxylation is 1. The fraction of sp³-hybridized carbons (Fsp3) is 0.333. The van der Waals surface area contributed by atoms with Crippen molar-refractivity contribution < 1.29 is 14.6 Å². The van der Waals surface area contributed by atoms with E-state index in [0.717, 1.165) is 35.2 Å². The van der Waals surface area contributed by atoms with E-state index >= 15 is 0 Å². The highest BCUT2D eigenvalue weighted by molar-refractivity contribution is 5.85. The first kappa shape index (κ1) is 19.1. The molecule has 1 aliphatic rings. The van der Waals surface area contributed by atoms with Gasteiger partial charge >= 0.3 is 5.97 Å². The van der Waals surface area contributed by atoms with Gasteiger partial charge in [-0.15, -0.1) is 0 Å². The van der Waals surface area contributed by atoms with E-state index in [-0.39, 0.29) is 23.4 Å². The molecule has 1 aliphatic heterocycles. The molecule has 0 bridgehead atoms. The van der Waals surface area contributed by atoms with Crippen LogP contribution in [0.3, 0.4) is 0 Å². The molecule has 0 unspecified atom stereocenters. The van der Waals surface area contributed by atoms with Gasteiger partial charge < -0.3 is 14.8 Å². The molecule has 4 heterocycles. The van der Waals surface area contributed by atoms with Gasteiger partial charge in [-0.1, -0.05) is 6.92 Å². The molecule has 8 heteroatoms. The van der Waals surface area contributed by atoms with Gasteiger partial charge in [-0.2, -0.15) is 0 Å². The Morgan fingerprint density at radius 2 is 2.10 bits per heavy atom. The molecule has 0 saturated carbocycles. The Morgan fingerprint density at radius 1 is 1.31 bits per heavy atom. The number of rotatable bonds is 6. The molecule has 4 rings (SSSR count). The highest BCUT2D eigenvalue weighted by atomic mass is 16.5. The molecule has 1 atom stereocenters. The number of aromatic carboxylic acids is 1. The van der Waals surface area contributed by atoms with Crippen LogP contribution in [0, 0.1) is 0 Å². The van der Waals surface area contributed by atoms with Crippen molar-refractivity contribution in [2.45, 2.75) is 32.4 Å². The van der Waals surface area contributed by atoms with Crippen LogP contribution in [0.5, 0.6) is 5.75 Å². The first-order chi connectivity index (χ1) is 13.9. The predicted molar refractivity (Wildman–Crippen MR) is 107 cm³/mol. The lowest BCUT2D eigenvalue weighted by Gasteiger charge is -2.42. The average molecular weight is 394 g/mol. The van der Waals surface area contributed by atoms with Gasteiger partial charge in [0.05, 0.1) is 17.2 Å². The van der Waals surface area contributed by atoms with Crippen molar-refractivity contribution >= 4 is 17.0 Å². The van der Waals surface area contributed by atoms with Gasteiger partial charge in [0.15, 0.2) is 0 Å². The standard InChI is InChI=1S/C21H22N4O4/c1-3-13-6-18-19(24-20(13)26)7-14(8-22-18)12(2)25-10-16(11-25)29-15-4-5-17(21(27)28)23-9-15/h4-9,12,16H,3,10-11H2,1-2H3,(H,24,26)(H,27,28)/t12-/m0/s1. The van der Waals surface area contributed by atoms with Gasteiger partial charge in [-0.05, 0) is 43.2 Å². The number of carbonyl (C=O) groups is 1. The zero-order valence-electron chi connectivity index (χ0n) is 16.3. The lowest BCUT2D eigenvalue weighted by atomic mass is 10.0. The number of aromatic nitrogens is 3. The summed E-state index contributed by atoms with van der Waals surface area (Å²) in [4.78, 5) is 36.5. The van der Waals surface area contributed by atoms with Gasteiger partial charge in [0.1, 0.15) is 17.5 Å². The Balaban J connectivity index is 1.40. The number of pyridine rings is 3. The van der Waals surface area contributed by atoms with Crippen molar-refractivity contribution in [3.05, 3.63) is 63.8 Å². The minimum Gasteiger partial charge on any atom is -0.486 e. The molecular weight excluding hydrogens is 372 g/mol. The zero-order chi connectivity index (χ0) is 20.5. The van der Waals surface area contributed by atoms with Crippen LogP contribution < -0.4 is 10.3 Å². The van der Waals surface area contributed by atoms with Crippen LogP contribution >= 0.6 is 0 Å². The Hall–Kier alpha value is -3.26. The molecule has 0 aromatic carbocycles. The number of hydrogen-bond acceptors (Lipinski definition) is 6. The van der Waals surface area contributed by atoms with Crippen LogP contribution in [0.15, 0.2) is 41.5 Å². The molecule has 0 amide bonds. The summed E-state index contributed by atoms with van der Waals surface area (Å²) in [5, 5.41) is 8.89. The number of fused-ring (bicyclic) bond motifs is 1. The predicted octanol–water partition coefficient (Wildman–Crippen LogP) is 2.40. The summed E-state index contributed by atoms with van der Waals surface area (Å²) in [5.41, 5.74) is 3.23. The third-order valence-corrected chi connectivity index (χ3v) is 5.34. The maximum Gasteiger partial charge on any atom is 0.354 e. The van der Waals surface area contributed by atoms with E-state index in [0.29, 0.717) is 12.2 Å². The number of nitrogens with one attached hydrogen (secondary N) is 1. The van der Waals surface area contributed by atoms with Crippen molar-refractivity contribution in [1.82, 2.24) is 19.9 Å². The topological polar surface area (TPSA) is 108 Å². The monoisotopic (exact) mass is 394 g/mol. The third-order valence-electron chi connectivity index (χ3n) is 5.34. The van der Waals surface area contributed by atoms with Gasteiger partial charge in [-0.3, -0.25) is 14.7 Å². The fourth-order valence-corrected chi connectivity index (χ4v) is 3.47. The lowest BCUT2D eigenvalue weighted by molar-refractivity contribution is -0.00546. The van der Waals surface area contributed by atoms with E-state index in [4.69, 9.17) is 9.84 Å². The van der Waals surface area contributed by atoms with Crippen LogP contribution in [0.4, 0.5) is 0 Å². The highest BCUT2D eigenvalue weighted by Gasteiger charge is 2.32. The summed E-state index contributed by atoms with van der Waals surface area (Å²) < 4.78 is 5.85. The number of likely N-dealkylation sites (tertiary alicyclic amines) is 1. The van der Waals surface area contributed by atoms with Crippen LogP contribution in [-0.2, 0) is 6.42 Å². The van der Waals surface area contributed by atoms with Gasteiger partial charge in [0.25, 0.3) is 5.56 Å². The number of carboxylic acid groups (broad SMARTS) is 1. The lowest BCUT2D eigenvalue weighted by Crippen LogP contribution is -2.54. The Kier molecular flexibility index (Phi) is 5.02. The summed E-state index contributed by atoms with van der Waals surface area (Å²) >= 11 is 0. The molecule has 0 aliphatic carbocycles. The fourth-order valence-electron chi connectivity index (χ4n) is 3.47. The minimum absolute atomic E-state index is 0.00545. The number of hydrogen-bond donors (Lipinski definition) is 2. The van der Waals surface area contributed by atoms with Crippen LogP contribution in [0.25, 0.3) is 11.0 Å². The molecule has 8 nitrogen and oxygen atoms in total. The maximum absolute atomic E-state index is 12.1. The number of ether oxygens (including phenoxy) is 1. The maximum atomic E-state index is 12.1. The smallest absolute Gasteiger partial charge is 0.354 e. The quantitative estimate of drug-likeness (QED) is 0.661. The highest BCUT2D eigenvalue weighted by Crippen LogP contribution is 2.28. The number of aromatic amines is 1. The van der Waals surface area contributed by atoms with Crippen LogP contribution in [-0.4, -0.2) is 50.1 Å². The zero-order valence-corrected chi connectivity index (χ0v) is 16.3. The summed E-state index contributed by atoms with van der Waals surface area (Å²) in [5.74, 6) is -0.500. The van der Waals surface area contributed by atoms with E-state index in [1.807, 2.05) is 25.3 Å². The Morgan fingerprint density at radius 3 is 2.76 bits per heavy atom. The van der Waals surface area contributed by atoms with Crippen molar-refractivity contribution in [3.8, 4) is 5.75 Å². The van der Waals surface area contributed by atoms with Crippen LogP contribution in [0.1, 0.15) is 41.5 Å². The third kappa shape index (κ3) is 3.84. The molecule has 0 radical (unpaired) electrons. The van der Waals surface area contributed by atoms with E-state index in [2.05, 4.69) is 26.8 Å². The first-order valence-corrected chi connectivity index (χ1v) is 9.56. The van der Waals surface area contributed by atoms with Crippen LogP contribution in [0.2, 0.25) is 0 Å². The summed E-state index contributed by atoms with van der Waals surface area (Å²) in [7, 11) is 0. The second-order valence-corrected chi connectivity index (χ2v) is 7.23. The van der Waals surface area contributed by atoms with Crippen molar-refractivity contribution in [1.29, 1.82) is 0 Å². The Bertz CT molecular complexity index is 1100. The van der Waals surface area contributed by atoms with E-state index in [1.54, 1.807) is 6.07 Å². The Labute approximate surface area is 167 Å².